The third kappa shape index (κ3) is 1.81. The van der Waals surface area contributed by atoms with Crippen molar-refractivity contribution in [3.05, 3.63) is 66.2 Å². The second-order valence-corrected chi connectivity index (χ2v) is 3.85. The third-order valence-corrected chi connectivity index (χ3v) is 2.71. The lowest BCUT2D eigenvalue weighted by atomic mass is 10.1. The maximum atomic E-state index is 10.1. The maximum Gasteiger partial charge on any atom is 0.153 e. The fourth-order valence-corrected chi connectivity index (χ4v) is 1.83. The highest BCUT2D eigenvalue weighted by Crippen LogP contribution is 2.22. The van der Waals surface area contributed by atoms with E-state index in [4.69, 9.17) is 4.42 Å². The molecule has 0 saturated carbocycles. The molecule has 0 aliphatic heterocycles. The van der Waals surface area contributed by atoms with Gasteiger partial charge in [-0.2, -0.15) is 0 Å². The van der Waals surface area contributed by atoms with E-state index in [0.29, 0.717) is 11.5 Å². The summed E-state index contributed by atoms with van der Waals surface area (Å²) in [6.45, 7) is 0. The molecular weight excluding hydrogens is 214 g/mol. The average molecular weight is 225 g/mol. The molecular formula is C14H11NO2. The van der Waals surface area contributed by atoms with Crippen LogP contribution in [-0.2, 0) is 0 Å². The molecule has 1 atom stereocenters. The fraction of sp³-hybridized carbons (Fsp3) is 0.0714. The summed E-state index contributed by atoms with van der Waals surface area (Å²) < 4.78 is 5.17. The van der Waals surface area contributed by atoms with Gasteiger partial charge in [0.15, 0.2) is 6.10 Å². The van der Waals surface area contributed by atoms with E-state index in [9.17, 15) is 5.11 Å². The Morgan fingerprint density at radius 3 is 2.71 bits per heavy atom. The highest BCUT2D eigenvalue weighted by Gasteiger charge is 2.14. The van der Waals surface area contributed by atoms with E-state index in [-0.39, 0.29) is 0 Å². The zero-order chi connectivity index (χ0) is 11.7. The van der Waals surface area contributed by atoms with Gasteiger partial charge < -0.3 is 9.52 Å². The molecule has 84 valence electrons. The first-order chi connectivity index (χ1) is 8.34. The Bertz CT molecular complexity index is 632. The molecule has 2 heterocycles. The molecule has 1 aromatic carbocycles. The van der Waals surface area contributed by atoms with Crippen molar-refractivity contribution in [3.63, 3.8) is 0 Å². The molecule has 0 aliphatic rings. The quantitative estimate of drug-likeness (QED) is 0.729. The Morgan fingerprint density at radius 2 is 1.88 bits per heavy atom. The number of nitrogens with zero attached hydrogens (tertiary/aromatic N) is 1. The Kier molecular flexibility index (Phi) is 2.38. The van der Waals surface area contributed by atoms with Crippen LogP contribution in [0.3, 0.4) is 0 Å². The van der Waals surface area contributed by atoms with Crippen LogP contribution in [0.15, 0.2) is 59.2 Å². The first-order valence-corrected chi connectivity index (χ1v) is 5.42. The highest BCUT2D eigenvalue weighted by molar-refractivity contribution is 5.78. The number of aliphatic hydroxyl groups excluding tert-OH is 1. The topological polar surface area (TPSA) is 46.3 Å². The van der Waals surface area contributed by atoms with Crippen molar-refractivity contribution in [1.82, 2.24) is 4.98 Å². The van der Waals surface area contributed by atoms with Gasteiger partial charge in [0.25, 0.3) is 0 Å². The summed E-state index contributed by atoms with van der Waals surface area (Å²) >= 11 is 0. The van der Waals surface area contributed by atoms with E-state index in [1.807, 2.05) is 36.4 Å². The Labute approximate surface area is 98.3 Å². The molecule has 3 heteroatoms. The fourth-order valence-electron chi connectivity index (χ4n) is 1.83. The van der Waals surface area contributed by atoms with E-state index in [2.05, 4.69) is 4.98 Å². The summed E-state index contributed by atoms with van der Waals surface area (Å²) in [6.07, 6.45) is 0.731. The summed E-state index contributed by atoms with van der Waals surface area (Å²) in [4.78, 5) is 4.42. The molecule has 0 radical (unpaired) electrons. The van der Waals surface area contributed by atoms with Crippen molar-refractivity contribution < 1.29 is 9.52 Å². The molecule has 1 unspecified atom stereocenters. The van der Waals surface area contributed by atoms with Crippen LogP contribution in [0.5, 0.6) is 0 Å². The van der Waals surface area contributed by atoms with E-state index in [1.165, 1.54) is 0 Å². The SMILES string of the molecule is OC(c1ccc2ccccc2n1)c1ccco1. The minimum atomic E-state index is -0.811. The molecule has 3 nitrogen and oxygen atoms in total. The van der Waals surface area contributed by atoms with Gasteiger partial charge in [-0.1, -0.05) is 24.3 Å². The van der Waals surface area contributed by atoms with Gasteiger partial charge in [0.1, 0.15) is 5.76 Å². The predicted molar refractivity (Wildman–Crippen MR) is 64.5 cm³/mol. The Hall–Kier alpha value is -2.13. The summed E-state index contributed by atoms with van der Waals surface area (Å²) in [7, 11) is 0. The Balaban J connectivity index is 2.06. The molecule has 1 N–H and O–H groups in total. The average Bonchev–Trinajstić information content (AvgIpc) is 2.91. The van der Waals surface area contributed by atoms with E-state index >= 15 is 0 Å². The van der Waals surface area contributed by atoms with Crippen molar-refractivity contribution in [3.8, 4) is 0 Å². The second kappa shape index (κ2) is 4.03. The number of para-hydroxylation sites is 1. The highest BCUT2D eigenvalue weighted by atomic mass is 16.4. The van der Waals surface area contributed by atoms with Crippen molar-refractivity contribution in [2.75, 3.05) is 0 Å². The number of fused-ring (bicyclic) bond motifs is 1. The number of aliphatic hydroxyl groups is 1. The molecule has 3 rings (SSSR count). The number of hydrogen-bond donors (Lipinski definition) is 1. The lowest BCUT2D eigenvalue weighted by molar-refractivity contribution is 0.185. The van der Waals surface area contributed by atoms with Crippen molar-refractivity contribution >= 4 is 10.9 Å². The van der Waals surface area contributed by atoms with Gasteiger partial charge in [0, 0.05) is 5.39 Å². The lowest BCUT2D eigenvalue weighted by Crippen LogP contribution is -2.00. The molecule has 0 amide bonds. The summed E-state index contributed by atoms with van der Waals surface area (Å²) in [6, 6.07) is 15.1. The number of hydrogen-bond acceptors (Lipinski definition) is 3. The lowest BCUT2D eigenvalue weighted by Gasteiger charge is -2.08. The normalized spacial score (nSPS) is 12.8. The van der Waals surface area contributed by atoms with Crippen LogP contribution in [0.4, 0.5) is 0 Å². The monoisotopic (exact) mass is 225 g/mol. The van der Waals surface area contributed by atoms with Crippen molar-refractivity contribution in [2.45, 2.75) is 6.10 Å². The first-order valence-electron chi connectivity index (χ1n) is 5.42. The zero-order valence-corrected chi connectivity index (χ0v) is 9.08. The van der Waals surface area contributed by atoms with Crippen molar-refractivity contribution in [2.24, 2.45) is 0 Å². The predicted octanol–water partition coefficient (Wildman–Crippen LogP) is 2.91. The number of aromatic nitrogens is 1. The summed E-state index contributed by atoms with van der Waals surface area (Å²) in [5.41, 5.74) is 1.47. The standard InChI is InChI=1S/C14H11NO2/c16-14(13-6-3-9-17-13)12-8-7-10-4-1-2-5-11(10)15-12/h1-9,14,16H. The molecule has 17 heavy (non-hydrogen) atoms. The molecule has 0 fully saturated rings. The van der Waals surface area contributed by atoms with Crippen LogP contribution >= 0.6 is 0 Å². The smallest absolute Gasteiger partial charge is 0.153 e. The molecule has 2 aromatic heterocycles. The summed E-state index contributed by atoms with van der Waals surface area (Å²) in [5, 5.41) is 11.1. The summed E-state index contributed by atoms with van der Waals surface area (Å²) in [5.74, 6) is 0.507. The van der Waals surface area contributed by atoms with Gasteiger partial charge in [-0.15, -0.1) is 0 Å². The molecule has 0 spiro atoms. The number of pyridine rings is 1. The first kappa shape index (κ1) is 10.1. The van der Waals surface area contributed by atoms with Crippen LogP contribution in [0.25, 0.3) is 10.9 Å². The van der Waals surface area contributed by atoms with Gasteiger partial charge >= 0.3 is 0 Å². The van der Waals surface area contributed by atoms with Gasteiger partial charge in [0.2, 0.25) is 0 Å². The Morgan fingerprint density at radius 1 is 1.00 bits per heavy atom. The maximum absolute atomic E-state index is 10.1. The number of benzene rings is 1. The van der Waals surface area contributed by atoms with Gasteiger partial charge in [-0.3, -0.25) is 0 Å². The minimum absolute atomic E-state index is 0.507. The van der Waals surface area contributed by atoms with E-state index in [1.54, 1.807) is 18.4 Å². The van der Waals surface area contributed by atoms with E-state index < -0.39 is 6.10 Å². The van der Waals surface area contributed by atoms with Crippen LogP contribution in [0, 0.1) is 0 Å². The third-order valence-electron chi connectivity index (χ3n) is 2.71. The van der Waals surface area contributed by atoms with Crippen LogP contribution < -0.4 is 0 Å². The van der Waals surface area contributed by atoms with Gasteiger partial charge in [0.05, 0.1) is 17.5 Å². The van der Waals surface area contributed by atoms with Crippen LogP contribution in [0.1, 0.15) is 17.6 Å². The number of rotatable bonds is 2. The molecule has 3 aromatic rings. The second-order valence-electron chi connectivity index (χ2n) is 3.85. The van der Waals surface area contributed by atoms with Crippen LogP contribution in [0.2, 0.25) is 0 Å². The van der Waals surface area contributed by atoms with Crippen LogP contribution in [-0.4, -0.2) is 10.1 Å². The number of furan rings is 1. The zero-order valence-electron chi connectivity index (χ0n) is 9.08. The van der Waals surface area contributed by atoms with E-state index in [0.717, 1.165) is 10.9 Å². The minimum Gasteiger partial charge on any atom is -0.466 e. The molecule has 0 saturated heterocycles. The van der Waals surface area contributed by atoms with Gasteiger partial charge in [-0.05, 0) is 24.3 Å². The molecule has 0 aliphatic carbocycles. The molecule has 0 bridgehead atoms. The van der Waals surface area contributed by atoms with Crippen molar-refractivity contribution in [1.29, 1.82) is 0 Å². The largest absolute Gasteiger partial charge is 0.466 e. The van der Waals surface area contributed by atoms with Gasteiger partial charge in [-0.25, -0.2) is 4.98 Å².